The lowest BCUT2D eigenvalue weighted by atomic mass is 9.98. The molecule has 0 radical (unpaired) electrons. The van der Waals surface area contributed by atoms with Crippen LogP contribution in [0, 0.1) is 13.8 Å². The number of nitrogens with zero attached hydrogens (tertiary/aromatic N) is 1. The quantitative estimate of drug-likeness (QED) is 0.709. The number of primary amides is 1. The molecule has 0 fully saturated rings. The Balaban J connectivity index is 0.000000239. The van der Waals surface area contributed by atoms with Crippen molar-refractivity contribution in [2.45, 2.75) is 26.9 Å². The van der Waals surface area contributed by atoms with E-state index >= 15 is 0 Å². The van der Waals surface area contributed by atoms with Crippen molar-refractivity contribution in [2.75, 3.05) is 6.61 Å². The van der Waals surface area contributed by atoms with Crippen LogP contribution in [-0.2, 0) is 6.61 Å². The lowest BCUT2D eigenvalue weighted by molar-refractivity contribution is 0.0931. The van der Waals surface area contributed by atoms with Gasteiger partial charge >= 0.3 is 0 Å². The second-order valence-electron chi connectivity index (χ2n) is 6.92. The summed E-state index contributed by atoms with van der Waals surface area (Å²) in [6.45, 7) is 4.81. The standard InChI is InChI=1S/C17H17NO3.C7H7NO/c1-11-9-14-15(19)5-8-20-17(14)12(2)16(11)21-10-13-3-6-18-7-4-13;8-7(9)6-4-2-1-3-5-6/h3-4,6-7,9H,5,8,10H2,1-2H3;1-5H,(H2,8,9). The highest BCUT2D eigenvalue weighted by molar-refractivity contribution is 6.00. The van der Waals surface area contributed by atoms with Crippen molar-refractivity contribution < 1.29 is 19.1 Å². The third kappa shape index (κ3) is 5.03. The van der Waals surface area contributed by atoms with Gasteiger partial charge in [0.15, 0.2) is 5.78 Å². The van der Waals surface area contributed by atoms with Crippen molar-refractivity contribution in [2.24, 2.45) is 5.73 Å². The van der Waals surface area contributed by atoms with Crippen LogP contribution in [0.25, 0.3) is 0 Å². The number of carbonyl (C=O) groups is 2. The monoisotopic (exact) mass is 404 g/mol. The van der Waals surface area contributed by atoms with Crippen molar-refractivity contribution in [1.82, 2.24) is 4.98 Å². The minimum Gasteiger partial charge on any atom is -0.492 e. The van der Waals surface area contributed by atoms with Crippen LogP contribution in [0.2, 0.25) is 0 Å². The fourth-order valence-corrected chi connectivity index (χ4v) is 3.18. The Bertz CT molecular complexity index is 1030. The molecule has 0 spiro atoms. The summed E-state index contributed by atoms with van der Waals surface area (Å²) in [4.78, 5) is 26.4. The molecular formula is C24H24N2O4. The Labute approximate surface area is 175 Å². The average molecular weight is 404 g/mol. The molecule has 30 heavy (non-hydrogen) atoms. The summed E-state index contributed by atoms with van der Waals surface area (Å²) >= 11 is 0. The molecule has 3 aromatic rings. The van der Waals surface area contributed by atoms with Crippen molar-refractivity contribution >= 4 is 11.7 Å². The smallest absolute Gasteiger partial charge is 0.248 e. The van der Waals surface area contributed by atoms with Crippen LogP contribution in [-0.4, -0.2) is 23.3 Å². The average Bonchev–Trinajstić information content (AvgIpc) is 2.76. The molecule has 1 amide bonds. The van der Waals surface area contributed by atoms with Gasteiger partial charge in [0.1, 0.15) is 18.1 Å². The van der Waals surface area contributed by atoms with E-state index in [2.05, 4.69) is 4.98 Å². The van der Waals surface area contributed by atoms with Crippen molar-refractivity contribution in [3.8, 4) is 11.5 Å². The Kier molecular flexibility index (Phi) is 6.80. The van der Waals surface area contributed by atoms with E-state index in [9.17, 15) is 9.59 Å². The van der Waals surface area contributed by atoms with Gasteiger partial charge in [-0.15, -0.1) is 0 Å². The van der Waals surface area contributed by atoms with Gasteiger partial charge in [0, 0.05) is 29.9 Å². The van der Waals surface area contributed by atoms with Gasteiger partial charge in [-0.2, -0.15) is 0 Å². The Morgan fingerprint density at radius 2 is 1.83 bits per heavy atom. The van der Waals surface area contributed by atoms with E-state index in [1.54, 1.807) is 36.7 Å². The van der Waals surface area contributed by atoms with Crippen LogP contribution >= 0.6 is 0 Å². The van der Waals surface area contributed by atoms with Crippen molar-refractivity contribution in [1.29, 1.82) is 0 Å². The van der Waals surface area contributed by atoms with Crippen LogP contribution in [0.1, 0.15) is 43.8 Å². The zero-order valence-corrected chi connectivity index (χ0v) is 17.1. The van der Waals surface area contributed by atoms with Gasteiger partial charge in [0.05, 0.1) is 12.2 Å². The van der Waals surface area contributed by atoms with E-state index in [1.165, 1.54) is 0 Å². The number of carbonyl (C=O) groups excluding carboxylic acids is 2. The van der Waals surface area contributed by atoms with Gasteiger partial charge in [-0.25, -0.2) is 0 Å². The number of ketones is 1. The summed E-state index contributed by atoms with van der Waals surface area (Å²) in [5.41, 5.74) is 9.11. The predicted molar refractivity (Wildman–Crippen MR) is 114 cm³/mol. The third-order valence-corrected chi connectivity index (χ3v) is 4.71. The summed E-state index contributed by atoms with van der Waals surface area (Å²) in [5.74, 6) is 1.22. The molecular weight excluding hydrogens is 380 g/mol. The number of Topliss-reactive ketones (excluding diaryl/α,β-unsaturated/α-hetero) is 1. The summed E-state index contributed by atoms with van der Waals surface area (Å²) in [6.07, 6.45) is 3.93. The van der Waals surface area contributed by atoms with Gasteiger partial charge in [-0.1, -0.05) is 18.2 Å². The molecule has 1 aromatic heterocycles. The Hall–Kier alpha value is -3.67. The predicted octanol–water partition coefficient (Wildman–Crippen LogP) is 4.03. The first-order valence-electron chi connectivity index (χ1n) is 9.64. The molecule has 2 N–H and O–H groups in total. The Morgan fingerprint density at radius 3 is 2.47 bits per heavy atom. The van der Waals surface area contributed by atoms with Crippen molar-refractivity contribution in [3.63, 3.8) is 0 Å². The number of aromatic nitrogens is 1. The van der Waals surface area contributed by atoms with Gasteiger partial charge in [-0.05, 0) is 55.3 Å². The molecule has 1 aliphatic heterocycles. The zero-order chi connectivity index (χ0) is 21.5. The maximum atomic E-state index is 12.0. The first-order valence-corrected chi connectivity index (χ1v) is 9.64. The number of ether oxygens (including phenoxy) is 2. The van der Waals surface area contributed by atoms with Crippen molar-refractivity contribution in [3.05, 3.63) is 88.7 Å². The van der Waals surface area contributed by atoms with Gasteiger partial charge < -0.3 is 15.2 Å². The highest BCUT2D eigenvalue weighted by Gasteiger charge is 2.24. The second-order valence-corrected chi connectivity index (χ2v) is 6.92. The fourth-order valence-electron chi connectivity index (χ4n) is 3.18. The molecule has 0 unspecified atom stereocenters. The highest BCUT2D eigenvalue weighted by Crippen LogP contribution is 2.37. The molecule has 2 aromatic carbocycles. The van der Waals surface area contributed by atoms with E-state index < -0.39 is 0 Å². The molecule has 0 saturated carbocycles. The lowest BCUT2D eigenvalue weighted by Crippen LogP contribution is -2.17. The summed E-state index contributed by atoms with van der Waals surface area (Å²) < 4.78 is 11.6. The van der Waals surface area contributed by atoms with Crippen LogP contribution < -0.4 is 15.2 Å². The minimum atomic E-state index is -0.379. The molecule has 0 saturated heterocycles. The van der Waals surface area contributed by atoms with Crippen LogP contribution in [0.5, 0.6) is 11.5 Å². The van der Waals surface area contributed by atoms with E-state index in [0.29, 0.717) is 36.5 Å². The molecule has 0 atom stereocenters. The summed E-state index contributed by atoms with van der Waals surface area (Å²) in [5, 5.41) is 0. The zero-order valence-electron chi connectivity index (χ0n) is 17.1. The molecule has 2 heterocycles. The van der Waals surface area contributed by atoms with Gasteiger partial charge in [-0.3, -0.25) is 14.6 Å². The number of nitrogens with two attached hydrogens (primary N) is 1. The summed E-state index contributed by atoms with van der Waals surface area (Å²) in [7, 11) is 0. The van der Waals surface area contributed by atoms with E-state index in [0.717, 1.165) is 22.4 Å². The maximum Gasteiger partial charge on any atom is 0.248 e. The van der Waals surface area contributed by atoms with E-state index in [-0.39, 0.29) is 11.7 Å². The molecule has 1 aliphatic rings. The third-order valence-electron chi connectivity index (χ3n) is 4.71. The number of fused-ring (bicyclic) bond motifs is 1. The van der Waals surface area contributed by atoms with E-state index in [4.69, 9.17) is 15.2 Å². The topological polar surface area (TPSA) is 91.5 Å². The number of pyridine rings is 1. The second kappa shape index (κ2) is 9.69. The maximum absolute atomic E-state index is 12.0. The number of amides is 1. The first-order chi connectivity index (χ1) is 14.5. The first kappa shape index (κ1) is 21.0. The number of aryl methyl sites for hydroxylation is 1. The molecule has 6 heteroatoms. The molecule has 4 rings (SSSR count). The van der Waals surface area contributed by atoms with E-state index in [1.807, 2.05) is 38.1 Å². The minimum absolute atomic E-state index is 0.142. The SMILES string of the molecule is Cc1cc2c(c(C)c1OCc1ccncc1)OCCC2=O.NC(=O)c1ccccc1. The molecule has 0 aliphatic carbocycles. The van der Waals surface area contributed by atoms with Crippen LogP contribution in [0.4, 0.5) is 0 Å². The van der Waals surface area contributed by atoms with Gasteiger partial charge in [0.25, 0.3) is 0 Å². The number of hydrogen-bond donors (Lipinski definition) is 1. The summed E-state index contributed by atoms with van der Waals surface area (Å²) in [6, 6.07) is 14.5. The van der Waals surface area contributed by atoms with Gasteiger partial charge in [0.2, 0.25) is 5.91 Å². The molecule has 0 bridgehead atoms. The molecule has 154 valence electrons. The van der Waals surface area contributed by atoms with Crippen LogP contribution in [0.3, 0.4) is 0 Å². The fraction of sp³-hybridized carbons (Fsp3) is 0.208. The van der Waals surface area contributed by atoms with Crippen LogP contribution in [0.15, 0.2) is 60.9 Å². The number of benzene rings is 2. The molecule has 6 nitrogen and oxygen atoms in total. The normalized spacial score (nSPS) is 12.1. The number of rotatable bonds is 4. The lowest BCUT2D eigenvalue weighted by Gasteiger charge is -2.22. The Morgan fingerprint density at radius 1 is 1.13 bits per heavy atom. The largest absolute Gasteiger partial charge is 0.492 e. The number of hydrogen-bond acceptors (Lipinski definition) is 5. The highest BCUT2D eigenvalue weighted by atomic mass is 16.5.